The van der Waals surface area contributed by atoms with Gasteiger partial charge < -0.3 is 20.5 Å². The Morgan fingerprint density at radius 2 is 2.00 bits per heavy atom. The molecule has 1 aromatic rings. The first-order chi connectivity index (χ1) is 9.64. The zero-order valence-electron chi connectivity index (χ0n) is 11.9. The number of carbonyl (C=O) groups excluding carboxylic acids is 1. The first-order valence-corrected chi connectivity index (χ1v) is 7.05. The summed E-state index contributed by atoms with van der Waals surface area (Å²) in [5.74, 6) is 0.654. The van der Waals surface area contributed by atoms with Crippen molar-refractivity contribution in [2.45, 2.75) is 31.7 Å². The van der Waals surface area contributed by atoms with Crippen LogP contribution in [0.15, 0.2) is 24.3 Å². The summed E-state index contributed by atoms with van der Waals surface area (Å²) in [6.07, 6.45) is 2.07. The van der Waals surface area contributed by atoms with E-state index in [2.05, 4.69) is 12.2 Å². The van der Waals surface area contributed by atoms with Gasteiger partial charge in [-0.05, 0) is 43.5 Å². The van der Waals surface area contributed by atoms with Gasteiger partial charge in [-0.1, -0.05) is 6.92 Å². The lowest BCUT2D eigenvalue weighted by Gasteiger charge is -2.31. The summed E-state index contributed by atoms with van der Waals surface area (Å²) in [5.41, 5.74) is 6.04. The lowest BCUT2D eigenvalue weighted by molar-refractivity contribution is -0.124. The van der Waals surface area contributed by atoms with Gasteiger partial charge in [-0.15, -0.1) is 0 Å². The molecule has 110 valence electrons. The van der Waals surface area contributed by atoms with E-state index in [9.17, 15) is 4.79 Å². The largest absolute Gasteiger partial charge is 0.494 e. The second-order valence-electron chi connectivity index (χ2n) is 5.10. The number of anilines is 1. The highest BCUT2D eigenvalue weighted by Crippen LogP contribution is 2.21. The molecular weight excluding hydrogens is 256 g/mol. The molecule has 3 N–H and O–H groups in total. The Labute approximate surface area is 119 Å². The Balaban J connectivity index is 1.93. The van der Waals surface area contributed by atoms with Crippen LogP contribution in [-0.2, 0) is 9.53 Å². The van der Waals surface area contributed by atoms with E-state index in [4.69, 9.17) is 15.2 Å². The minimum atomic E-state index is -0.824. The van der Waals surface area contributed by atoms with Gasteiger partial charge in [0.15, 0.2) is 0 Å². The van der Waals surface area contributed by atoms with E-state index in [0.717, 1.165) is 17.9 Å². The smallest absolute Gasteiger partial charge is 0.244 e. The van der Waals surface area contributed by atoms with Crippen molar-refractivity contribution in [3.05, 3.63) is 24.3 Å². The Bertz CT molecular complexity index is 439. The summed E-state index contributed by atoms with van der Waals surface area (Å²) in [6, 6.07) is 7.34. The van der Waals surface area contributed by atoms with Gasteiger partial charge in [0.25, 0.3) is 0 Å². The van der Waals surface area contributed by atoms with Gasteiger partial charge in [0.1, 0.15) is 11.3 Å². The molecule has 1 amide bonds. The van der Waals surface area contributed by atoms with Crippen LogP contribution in [0.2, 0.25) is 0 Å². The molecule has 0 aliphatic carbocycles. The Morgan fingerprint density at radius 3 is 2.60 bits per heavy atom. The minimum Gasteiger partial charge on any atom is -0.494 e. The summed E-state index contributed by atoms with van der Waals surface area (Å²) in [5, 5.41) is 2.86. The highest BCUT2D eigenvalue weighted by molar-refractivity contribution is 5.98. The topological polar surface area (TPSA) is 73.6 Å². The van der Waals surface area contributed by atoms with Gasteiger partial charge in [-0.3, -0.25) is 4.79 Å². The predicted molar refractivity (Wildman–Crippen MR) is 77.8 cm³/mol. The van der Waals surface area contributed by atoms with E-state index in [-0.39, 0.29) is 5.91 Å². The van der Waals surface area contributed by atoms with E-state index < -0.39 is 5.54 Å². The molecule has 0 bridgehead atoms. The predicted octanol–water partition coefficient (Wildman–Crippen LogP) is 1.92. The number of carbonyl (C=O) groups is 1. The third-order valence-electron chi connectivity index (χ3n) is 3.42. The second kappa shape index (κ2) is 6.72. The molecule has 0 spiro atoms. The average molecular weight is 278 g/mol. The molecule has 1 fully saturated rings. The van der Waals surface area contributed by atoms with E-state index in [1.165, 1.54) is 0 Å². The molecule has 2 rings (SSSR count). The van der Waals surface area contributed by atoms with Crippen LogP contribution in [0.4, 0.5) is 5.69 Å². The Kier molecular flexibility index (Phi) is 4.98. The van der Waals surface area contributed by atoms with Crippen LogP contribution < -0.4 is 15.8 Å². The molecule has 1 aliphatic heterocycles. The molecule has 1 heterocycles. The second-order valence-corrected chi connectivity index (χ2v) is 5.10. The van der Waals surface area contributed by atoms with Crippen LogP contribution in [0.3, 0.4) is 0 Å². The van der Waals surface area contributed by atoms with Gasteiger partial charge in [0, 0.05) is 18.9 Å². The molecule has 0 aromatic heterocycles. The standard InChI is InChI=1S/C15H22N2O3/c1-2-9-20-13-5-3-12(4-6-13)17-14(18)15(16)7-10-19-11-8-15/h3-6H,2,7-11,16H2,1H3,(H,17,18). The highest BCUT2D eigenvalue weighted by atomic mass is 16.5. The first kappa shape index (κ1) is 14.8. The van der Waals surface area contributed by atoms with Crippen molar-refractivity contribution in [1.29, 1.82) is 0 Å². The van der Waals surface area contributed by atoms with Gasteiger partial charge in [-0.2, -0.15) is 0 Å². The number of benzene rings is 1. The number of hydrogen-bond acceptors (Lipinski definition) is 4. The molecule has 5 nitrogen and oxygen atoms in total. The number of ether oxygens (including phenoxy) is 2. The fourth-order valence-corrected chi connectivity index (χ4v) is 2.07. The normalized spacial score (nSPS) is 17.5. The highest BCUT2D eigenvalue weighted by Gasteiger charge is 2.35. The molecule has 0 unspecified atom stereocenters. The van der Waals surface area contributed by atoms with Gasteiger partial charge in [-0.25, -0.2) is 0 Å². The van der Waals surface area contributed by atoms with E-state index >= 15 is 0 Å². The summed E-state index contributed by atoms with van der Waals surface area (Å²) in [6.45, 7) is 3.82. The molecule has 0 atom stereocenters. The fraction of sp³-hybridized carbons (Fsp3) is 0.533. The number of hydrogen-bond donors (Lipinski definition) is 2. The maximum Gasteiger partial charge on any atom is 0.244 e. The maximum absolute atomic E-state index is 12.2. The van der Waals surface area contributed by atoms with Crippen LogP contribution >= 0.6 is 0 Å². The van der Waals surface area contributed by atoms with Crippen molar-refractivity contribution < 1.29 is 14.3 Å². The van der Waals surface area contributed by atoms with E-state index in [1.807, 2.05) is 24.3 Å². The van der Waals surface area contributed by atoms with Crippen molar-refractivity contribution in [2.24, 2.45) is 5.73 Å². The number of nitrogens with one attached hydrogen (secondary N) is 1. The van der Waals surface area contributed by atoms with Crippen molar-refractivity contribution in [1.82, 2.24) is 0 Å². The Morgan fingerprint density at radius 1 is 1.35 bits per heavy atom. The summed E-state index contributed by atoms with van der Waals surface area (Å²) in [4.78, 5) is 12.2. The minimum absolute atomic E-state index is 0.150. The molecule has 5 heteroatoms. The van der Waals surface area contributed by atoms with Crippen LogP contribution in [0.25, 0.3) is 0 Å². The fourth-order valence-electron chi connectivity index (χ4n) is 2.07. The summed E-state index contributed by atoms with van der Waals surface area (Å²) in [7, 11) is 0. The molecule has 0 saturated carbocycles. The summed E-state index contributed by atoms with van der Waals surface area (Å²) < 4.78 is 10.7. The molecular formula is C15H22N2O3. The van der Waals surface area contributed by atoms with Crippen molar-refractivity contribution in [2.75, 3.05) is 25.1 Å². The third kappa shape index (κ3) is 3.71. The number of amides is 1. The molecule has 20 heavy (non-hydrogen) atoms. The number of rotatable bonds is 5. The molecule has 1 saturated heterocycles. The van der Waals surface area contributed by atoms with Crippen molar-refractivity contribution in [3.63, 3.8) is 0 Å². The summed E-state index contributed by atoms with van der Waals surface area (Å²) >= 11 is 0. The van der Waals surface area contributed by atoms with Crippen molar-refractivity contribution >= 4 is 11.6 Å². The van der Waals surface area contributed by atoms with Gasteiger partial charge in [0.2, 0.25) is 5.91 Å². The molecule has 1 aliphatic rings. The molecule has 1 aromatic carbocycles. The lowest BCUT2D eigenvalue weighted by Crippen LogP contribution is -2.54. The quantitative estimate of drug-likeness (QED) is 0.863. The van der Waals surface area contributed by atoms with Crippen LogP contribution in [0.5, 0.6) is 5.75 Å². The third-order valence-corrected chi connectivity index (χ3v) is 3.42. The van der Waals surface area contributed by atoms with Crippen LogP contribution in [0, 0.1) is 0 Å². The lowest BCUT2D eigenvalue weighted by atomic mass is 9.90. The molecule has 0 radical (unpaired) electrons. The Hall–Kier alpha value is -1.59. The zero-order chi connectivity index (χ0) is 14.4. The van der Waals surface area contributed by atoms with Crippen LogP contribution in [-0.4, -0.2) is 31.3 Å². The number of nitrogens with two attached hydrogens (primary N) is 1. The average Bonchev–Trinajstić information content (AvgIpc) is 2.47. The maximum atomic E-state index is 12.2. The SMILES string of the molecule is CCCOc1ccc(NC(=O)C2(N)CCOCC2)cc1. The monoisotopic (exact) mass is 278 g/mol. The van der Waals surface area contributed by atoms with E-state index in [1.54, 1.807) is 0 Å². The van der Waals surface area contributed by atoms with Crippen molar-refractivity contribution in [3.8, 4) is 5.75 Å². The van der Waals surface area contributed by atoms with E-state index in [0.29, 0.717) is 32.7 Å². The zero-order valence-corrected chi connectivity index (χ0v) is 11.9. The first-order valence-electron chi connectivity index (χ1n) is 7.05. The van der Waals surface area contributed by atoms with Gasteiger partial charge >= 0.3 is 0 Å². The van der Waals surface area contributed by atoms with Gasteiger partial charge in [0.05, 0.1) is 6.61 Å². The van der Waals surface area contributed by atoms with Crippen LogP contribution in [0.1, 0.15) is 26.2 Å².